The van der Waals surface area contributed by atoms with Crippen molar-refractivity contribution in [3.63, 3.8) is 0 Å². The van der Waals surface area contributed by atoms with E-state index in [1.807, 2.05) is 39.0 Å². The molecule has 1 aliphatic rings. The molecule has 3 rings (SSSR count). The fraction of sp³-hybridized carbons (Fsp3) is 0.440. The van der Waals surface area contributed by atoms with Crippen LogP contribution in [0.25, 0.3) is 0 Å². The van der Waals surface area contributed by atoms with E-state index in [1.54, 1.807) is 0 Å². The number of hydrogen-bond donors (Lipinski definition) is 1. The molecule has 1 atom stereocenters. The number of piperidine rings is 1. The summed E-state index contributed by atoms with van der Waals surface area (Å²) in [4.78, 5) is 27.0. The van der Waals surface area contributed by atoms with E-state index >= 15 is 0 Å². The van der Waals surface area contributed by atoms with Crippen LogP contribution in [0.1, 0.15) is 71.5 Å². The number of hydrogen-bond acceptors (Lipinski definition) is 4. The highest BCUT2D eigenvalue weighted by Gasteiger charge is 2.26. The van der Waals surface area contributed by atoms with Crippen LogP contribution in [0.4, 0.5) is 4.39 Å². The molecule has 5 nitrogen and oxygen atoms in total. The highest BCUT2D eigenvalue weighted by atomic mass is 35.5. The molecule has 32 heavy (non-hydrogen) atoms. The average Bonchev–Trinajstić information content (AvgIpc) is 2.75. The first-order chi connectivity index (χ1) is 15.2. The summed E-state index contributed by atoms with van der Waals surface area (Å²) in [6.45, 7) is 9.52. The van der Waals surface area contributed by atoms with Crippen molar-refractivity contribution in [2.24, 2.45) is 0 Å². The van der Waals surface area contributed by atoms with Gasteiger partial charge in [0, 0.05) is 30.7 Å². The second-order valence-corrected chi connectivity index (χ2v) is 9.02. The van der Waals surface area contributed by atoms with Gasteiger partial charge in [0.05, 0.1) is 16.7 Å². The fourth-order valence-corrected chi connectivity index (χ4v) is 4.27. The lowest BCUT2D eigenvalue weighted by Gasteiger charge is -2.37. The Balaban J connectivity index is 1.57. The van der Waals surface area contributed by atoms with Gasteiger partial charge in [0.25, 0.3) is 5.91 Å². The average molecular weight is 461 g/mol. The van der Waals surface area contributed by atoms with E-state index < -0.39 is 5.82 Å². The van der Waals surface area contributed by atoms with Gasteiger partial charge in [0.2, 0.25) is 0 Å². The maximum absolute atomic E-state index is 13.3. The predicted octanol–water partition coefficient (Wildman–Crippen LogP) is 5.31. The van der Waals surface area contributed by atoms with Gasteiger partial charge in [-0.15, -0.1) is 0 Å². The van der Waals surface area contributed by atoms with Crippen LogP contribution in [-0.2, 0) is 4.74 Å². The molecule has 1 saturated heterocycles. The quantitative estimate of drug-likeness (QED) is 0.593. The molecule has 0 radical (unpaired) electrons. The summed E-state index contributed by atoms with van der Waals surface area (Å²) in [6, 6.07) is 9.97. The zero-order chi connectivity index (χ0) is 23.4. The number of carbonyl (C=O) groups is 2. The lowest BCUT2D eigenvalue weighted by molar-refractivity contribution is 0.0377. The van der Waals surface area contributed by atoms with Crippen LogP contribution in [0.2, 0.25) is 5.02 Å². The van der Waals surface area contributed by atoms with Gasteiger partial charge in [-0.05, 0) is 82.0 Å². The number of nitrogens with zero attached hydrogens (tertiary/aromatic N) is 1. The van der Waals surface area contributed by atoms with E-state index in [9.17, 15) is 14.0 Å². The molecule has 0 aromatic heterocycles. The molecule has 1 heterocycles. The van der Waals surface area contributed by atoms with Crippen molar-refractivity contribution in [1.29, 1.82) is 0 Å². The van der Waals surface area contributed by atoms with E-state index in [0.29, 0.717) is 11.1 Å². The number of nitrogens with one attached hydrogen (secondary N) is 1. The Labute approximate surface area is 193 Å². The highest BCUT2D eigenvalue weighted by molar-refractivity contribution is 6.31. The zero-order valence-corrected chi connectivity index (χ0v) is 19.7. The van der Waals surface area contributed by atoms with Crippen LogP contribution in [0.15, 0.2) is 36.4 Å². The smallest absolute Gasteiger partial charge is 0.338 e. The molecule has 1 amide bonds. The molecular weight excluding hydrogens is 431 g/mol. The van der Waals surface area contributed by atoms with E-state index in [2.05, 4.69) is 17.1 Å². The normalized spacial score (nSPS) is 16.1. The third-order valence-corrected chi connectivity index (χ3v) is 6.18. The van der Waals surface area contributed by atoms with E-state index in [1.165, 1.54) is 23.8 Å². The number of ether oxygens (including phenoxy) is 1. The Bertz CT molecular complexity index is 987. The molecule has 2 aromatic carbocycles. The number of benzene rings is 2. The largest absolute Gasteiger partial charge is 0.459 e. The van der Waals surface area contributed by atoms with Gasteiger partial charge in [0.1, 0.15) is 5.82 Å². The number of likely N-dealkylation sites (tertiary alicyclic amines) is 1. The third-order valence-electron chi connectivity index (χ3n) is 5.89. The number of rotatable bonds is 6. The van der Waals surface area contributed by atoms with Gasteiger partial charge in [-0.2, -0.15) is 0 Å². The lowest BCUT2D eigenvalue weighted by atomic mass is 9.96. The standard InChI is InChI=1S/C25H30ClFN2O3/c1-15(2)32-25(31)19-5-7-21(16(3)13-19)17(4)29-11-9-20(10-12-29)28-24(30)18-6-8-23(27)22(26)14-18/h5-8,13-15,17,20H,9-12H2,1-4H3,(H,28,30). The van der Waals surface area contributed by atoms with Crippen molar-refractivity contribution in [1.82, 2.24) is 10.2 Å². The van der Waals surface area contributed by atoms with Crippen LogP contribution in [0.5, 0.6) is 0 Å². The van der Waals surface area contributed by atoms with Crippen molar-refractivity contribution in [2.75, 3.05) is 13.1 Å². The first-order valence-corrected chi connectivity index (χ1v) is 11.3. The topological polar surface area (TPSA) is 58.6 Å². The van der Waals surface area contributed by atoms with Crippen molar-refractivity contribution < 1.29 is 18.7 Å². The van der Waals surface area contributed by atoms with Crippen molar-refractivity contribution in [3.8, 4) is 0 Å². The monoisotopic (exact) mass is 460 g/mol. The van der Waals surface area contributed by atoms with E-state index in [4.69, 9.17) is 16.3 Å². The van der Waals surface area contributed by atoms with Crippen molar-refractivity contribution >= 4 is 23.5 Å². The van der Waals surface area contributed by atoms with Crippen molar-refractivity contribution in [3.05, 3.63) is 69.5 Å². The molecule has 0 saturated carbocycles. The Morgan fingerprint density at radius 3 is 2.34 bits per heavy atom. The van der Waals surface area contributed by atoms with Gasteiger partial charge in [0.15, 0.2) is 0 Å². The van der Waals surface area contributed by atoms with Crippen LogP contribution in [0.3, 0.4) is 0 Å². The first-order valence-electron chi connectivity index (χ1n) is 11.0. The molecule has 0 aliphatic carbocycles. The van der Waals surface area contributed by atoms with Gasteiger partial charge in [-0.25, -0.2) is 9.18 Å². The molecule has 1 aliphatic heterocycles. The number of carbonyl (C=O) groups excluding carboxylic acids is 2. The molecule has 1 unspecified atom stereocenters. The molecule has 2 aromatic rings. The summed E-state index contributed by atoms with van der Waals surface area (Å²) in [5, 5.41) is 2.97. The molecule has 1 fully saturated rings. The fourth-order valence-electron chi connectivity index (χ4n) is 4.09. The molecule has 0 spiro atoms. The minimum Gasteiger partial charge on any atom is -0.459 e. The number of aryl methyl sites for hydroxylation is 1. The summed E-state index contributed by atoms with van der Waals surface area (Å²) < 4.78 is 18.6. The summed E-state index contributed by atoms with van der Waals surface area (Å²) in [5.74, 6) is -1.08. The molecule has 0 bridgehead atoms. The maximum atomic E-state index is 13.3. The molecular formula is C25H30ClFN2O3. The minimum atomic E-state index is -0.536. The first kappa shape index (κ1) is 24.2. The number of amides is 1. The van der Waals surface area contributed by atoms with Crippen molar-refractivity contribution in [2.45, 2.75) is 58.7 Å². The molecule has 1 N–H and O–H groups in total. The van der Waals surface area contributed by atoms with E-state index in [-0.39, 0.29) is 35.1 Å². The number of esters is 1. The number of halogens is 2. The molecule has 172 valence electrons. The Hall–Kier alpha value is -2.44. The van der Waals surface area contributed by atoms with Gasteiger partial charge < -0.3 is 10.1 Å². The highest BCUT2D eigenvalue weighted by Crippen LogP contribution is 2.28. The summed E-state index contributed by atoms with van der Waals surface area (Å²) in [6.07, 6.45) is 1.49. The Morgan fingerprint density at radius 2 is 1.75 bits per heavy atom. The summed E-state index contributed by atoms with van der Waals surface area (Å²) in [7, 11) is 0. The third kappa shape index (κ3) is 5.87. The van der Waals surface area contributed by atoms with Crippen LogP contribution < -0.4 is 5.32 Å². The Morgan fingerprint density at radius 1 is 1.09 bits per heavy atom. The van der Waals surface area contributed by atoms with Crippen LogP contribution in [-0.4, -0.2) is 42.0 Å². The van der Waals surface area contributed by atoms with Gasteiger partial charge >= 0.3 is 5.97 Å². The van der Waals surface area contributed by atoms with Gasteiger partial charge in [-0.3, -0.25) is 9.69 Å². The van der Waals surface area contributed by atoms with Gasteiger partial charge in [-0.1, -0.05) is 17.7 Å². The Kier molecular flexibility index (Phi) is 7.91. The SMILES string of the molecule is Cc1cc(C(=O)OC(C)C)ccc1C(C)N1CCC(NC(=O)c2ccc(F)c(Cl)c2)CC1. The summed E-state index contributed by atoms with van der Waals surface area (Å²) >= 11 is 5.79. The maximum Gasteiger partial charge on any atom is 0.338 e. The van der Waals surface area contributed by atoms with E-state index in [0.717, 1.165) is 31.5 Å². The zero-order valence-electron chi connectivity index (χ0n) is 19.0. The summed E-state index contributed by atoms with van der Waals surface area (Å²) in [5.41, 5.74) is 3.15. The predicted molar refractivity (Wildman–Crippen MR) is 124 cm³/mol. The second kappa shape index (κ2) is 10.5. The second-order valence-electron chi connectivity index (χ2n) is 8.61. The lowest BCUT2D eigenvalue weighted by Crippen LogP contribution is -2.45. The minimum absolute atomic E-state index is 0.0554. The van der Waals surface area contributed by atoms with Crippen LogP contribution >= 0.6 is 11.6 Å². The molecule has 7 heteroatoms. The van der Waals surface area contributed by atoms with Crippen LogP contribution in [0, 0.1) is 12.7 Å².